The van der Waals surface area contributed by atoms with Crippen LogP contribution < -0.4 is 11.2 Å². The van der Waals surface area contributed by atoms with E-state index in [4.69, 9.17) is 10.6 Å². The van der Waals surface area contributed by atoms with Crippen molar-refractivity contribution in [2.24, 2.45) is 5.73 Å². The average molecular weight is 273 g/mol. The number of nitrogens with two attached hydrogens (primary N) is 1. The third-order valence-electron chi connectivity index (χ3n) is 3.13. The first kappa shape index (κ1) is 14.3. The first-order chi connectivity index (χ1) is 9.59. The molecule has 0 fully saturated rings. The Balaban J connectivity index is 2.11. The van der Waals surface area contributed by atoms with Crippen LogP contribution in [0.25, 0.3) is 5.69 Å². The highest BCUT2D eigenvalue weighted by molar-refractivity contribution is 5.74. The molecule has 0 aliphatic rings. The lowest BCUT2D eigenvalue weighted by atomic mass is 10.2. The summed E-state index contributed by atoms with van der Waals surface area (Å²) in [5, 5.41) is 0. The van der Waals surface area contributed by atoms with Gasteiger partial charge in [-0.2, -0.15) is 5.48 Å². The molecule has 2 rings (SSSR count). The zero-order chi connectivity index (χ0) is 14.5. The van der Waals surface area contributed by atoms with Gasteiger partial charge in [0.15, 0.2) is 0 Å². The van der Waals surface area contributed by atoms with Gasteiger partial charge in [-0.05, 0) is 37.6 Å². The predicted molar refractivity (Wildman–Crippen MR) is 77.2 cm³/mol. The molecule has 0 unspecified atom stereocenters. The number of hydroxylamine groups is 1. The van der Waals surface area contributed by atoms with Crippen molar-refractivity contribution in [1.82, 2.24) is 10.0 Å². The largest absolute Gasteiger partial charge is 0.368 e. The van der Waals surface area contributed by atoms with Gasteiger partial charge in [-0.3, -0.25) is 9.63 Å². The number of rotatable bonds is 6. The molecule has 0 saturated heterocycles. The minimum Gasteiger partial charge on any atom is -0.368 e. The van der Waals surface area contributed by atoms with Crippen molar-refractivity contribution in [3.63, 3.8) is 0 Å². The van der Waals surface area contributed by atoms with Gasteiger partial charge < -0.3 is 10.3 Å². The molecule has 0 atom stereocenters. The molecular formula is C15H19N3O2. The predicted octanol–water partition coefficient (Wildman–Crippen LogP) is 1.60. The van der Waals surface area contributed by atoms with Crippen molar-refractivity contribution in [3.05, 3.63) is 53.3 Å². The molecule has 1 aromatic carbocycles. The second kappa shape index (κ2) is 6.36. The van der Waals surface area contributed by atoms with E-state index < -0.39 is 5.91 Å². The molecule has 0 aliphatic carbocycles. The summed E-state index contributed by atoms with van der Waals surface area (Å²) in [4.78, 5) is 15.5. The number of hydrogen-bond donors (Lipinski definition) is 2. The summed E-state index contributed by atoms with van der Waals surface area (Å²) in [6, 6.07) is 12.3. The van der Waals surface area contributed by atoms with Crippen molar-refractivity contribution < 1.29 is 9.63 Å². The molecule has 0 radical (unpaired) electrons. The number of benzene rings is 1. The maximum absolute atomic E-state index is 10.6. The molecule has 106 valence electrons. The molecular weight excluding hydrogens is 254 g/mol. The van der Waals surface area contributed by atoms with Crippen LogP contribution in [-0.4, -0.2) is 17.1 Å². The monoisotopic (exact) mass is 273 g/mol. The zero-order valence-electron chi connectivity index (χ0n) is 11.7. The molecule has 0 saturated carbocycles. The Morgan fingerprint density at radius 3 is 2.65 bits per heavy atom. The summed E-state index contributed by atoms with van der Waals surface area (Å²) >= 11 is 0. The lowest BCUT2D eigenvalue weighted by Gasteiger charge is -2.10. The number of nitrogens with one attached hydrogen (secondary N) is 1. The minimum absolute atomic E-state index is 0.128. The van der Waals surface area contributed by atoms with Crippen molar-refractivity contribution in [2.45, 2.75) is 20.4 Å². The fourth-order valence-electron chi connectivity index (χ4n) is 2.23. The zero-order valence-corrected chi connectivity index (χ0v) is 11.7. The number of aromatic nitrogens is 1. The lowest BCUT2D eigenvalue weighted by Crippen LogP contribution is -2.24. The van der Waals surface area contributed by atoms with Crippen LogP contribution in [0.2, 0.25) is 0 Å². The molecule has 0 bridgehead atoms. The van der Waals surface area contributed by atoms with Crippen LogP contribution in [0.1, 0.15) is 17.0 Å². The fourth-order valence-corrected chi connectivity index (χ4v) is 2.23. The summed E-state index contributed by atoms with van der Waals surface area (Å²) in [6.45, 7) is 4.52. The van der Waals surface area contributed by atoms with Gasteiger partial charge in [0.05, 0.1) is 0 Å². The number of para-hydroxylation sites is 1. The van der Waals surface area contributed by atoms with E-state index in [9.17, 15) is 4.79 Å². The highest BCUT2D eigenvalue weighted by Crippen LogP contribution is 2.20. The number of aryl methyl sites for hydroxylation is 1. The maximum atomic E-state index is 10.6. The highest BCUT2D eigenvalue weighted by atomic mass is 16.6. The van der Waals surface area contributed by atoms with Gasteiger partial charge in [-0.1, -0.05) is 18.2 Å². The normalized spacial score (nSPS) is 10.7. The smallest absolute Gasteiger partial charge is 0.245 e. The Labute approximate surface area is 118 Å². The molecule has 5 nitrogen and oxygen atoms in total. The van der Waals surface area contributed by atoms with Crippen LogP contribution in [0.4, 0.5) is 0 Å². The van der Waals surface area contributed by atoms with Crippen molar-refractivity contribution in [1.29, 1.82) is 0 Å². The highest BCUT2D eigenvalue weighted by Gasteiger charge is 2.10. The van der Waals surface area contributed by atoms with Gasteiger partial charge in [0, 0.05) is 23.6 Å². The van der Waals surface area contributed by atoms with Crippen molar-refractivity contribution in [2.75, 3.05) is 6.61 Å². The number of primary amides is 1. The van der Waals surface area contributed by atoms with Gasteiger partial charge >= 0.3 is 0 Å². The van der Waals surface area contributed by atoms with Crippen molar-refractivity contribution in [3.8, 4) is 5.69 Å². The van der Waals surface area contributed by atoms with Crippen LogP contribution in [0.5, 0.6) is 0 Å². The van der Waals surface area contributed by atoms with Gasteiger partial charge in [0.2, 0.25) is 5.91 Å². The van der Waals surface area contributed by atoms with E-state index in [1.165, 1.54) is 0 Å². The summed E-state index contributed by atoms with van der Waals surface area (Å²) in [5.74, 6) is -0.493. The Morgan fingerprint density at radius 2 is 2.00 bits per heavy atom. The Morgan fingerprint density at radius 1 is 1.30 bits per heavy atom. The third-order valence-corrected chi connectivity index (χ3v) is 3.13. The van der Waals surface area contributed by atoms with Crippen LogP contribution in [0.15, 0.2) is 36.4 Å². The topological polar surface area (TPSA) is 69.3 Å². The van der Waals surface area contributed by atoms with Crippen molar-refractivity contribution >= 4 is 5.91 Å². The van der Waals surface area contributed by atoms with Gasteiger partial charge in [-0.15, -0.1) is 0 Å². The average Bonchev–Trinajstić information content (AvgIpc) is 2.70. The molecule has 5 heteroatoms. The summed E-state index contributed by atoms with van der Waals surface area (Å²) in [7, 11) is 0. The Kier molecular flexibility index (Phi) is 4.55. The number of hydrogen-bond acceptors (Lipinski definition) is 3. The van der Waals surface area contributed by atoms with Gasteiger partial charge in [0.1, 0.15) is 6.61 Å². The van der Waals surface area contributed by atoms with Gasteiger partial charge in [-0.25, -0.2) is 0 Å². The summed E-state index contributed by atoms with van der Waals surface area (Å²) in [6.07, 6.45) is 0. The molecule has 1 aromatic heterocycles. The number of nitrogens with zero attached hydrogens (tertiary/aromatic N) is 1. The summed E-state index contributed by atoms with van der Waals surface area (Å²) < 4.78 is 2.19. The Hall–Kier alpha value is -2.11. The molecule has 0 spiro atoms. The molecule has 0 aliphatic heterocycles. The van der Waals surface area contributed by atoms with E-state index in [0.717, 1.165) is 22.6 Å². The first-order valence-corrected chi connectivity index (χ1v) is 6.46. The quantitative estimate of drug-likeness (QED) is 0.620. The van der Waals surface area contributed by atoms with Gasteiger partial charge in [0.25, 0.3) is 0 Å². The molecule has 2 aromatic rings. The second-order valence-electron chi connectivity index (χ2n) is 4.64. The third kappa shape index (κ3) is 3.26. The molecule has 20 heavy (non-hydrogen) atoms. The lowest BCUT2D eigenvalue weighted by molar-refractivity contribution is -0.125. The number of amides is 1. The van der Waals surface area contributed by atoms with Crippen LogP contribution >= 0.6 is 0 Å². The Bertz CT molecular complexity index is 591. The van der Waals surface area contributed by atoms with Crippen LogP contribution in [0, 0.1) is 13.8 Å². The van der Waals surface area contributed by atoms with E-state index in [-0.39, 0.29) is 6.61 Å². The summed E-state index contributed by atoms with van der Waals surface area (Å²) in [5.41, 5.74) is 12.3. The fraction of sp³-hybridized carbons (Fsp3) is 0.267. The van der Waals surface area contributed by atoms with E-state index in [1.54, 1.807) is 0 Å². The molecule has 3 N–H and O–H groups in total. The van der Waals surface area contributed by atoms with E-state index >= 15 is 0 Å². The minimum atomic E-state index is -0.493. The number of carbonyl (C=O) groups is 1. The molecule has 1 heterocycles. The number of carbonyl (C=O) groups excluding carboxylic acids is 1. The van der Waals surface area contributed by atoms with Crippen LogP contribution in [0.3, 0.4) is 0 Å². The SMILES string of the molecule is Cc1cc(CNOCC(N)=O)c(C)n1-c1ccccc1. The molecule has 1 amide bonds. The van der Waals surface area contributed by atoms with E-state index in [1.807, 2.05) is 18.2 Å². The second-order valence-corrected chi connectivity index (χ2v) is 4.64. The van der Waals surface area contributed by atoms with E-state index in [0.29, 0.717) is 6.54 Å². The van der Waals surface area contributed by atoms with Crippen LogP contribution in [-0.2, 0) is 16.2 Å². The first-order valence-electron chi connectivity index (χ1n) is 6.46. The standard InChI is InChI=1S/C15H19N3O2/c1-11-8-13(9-17-20-10-15(16)19)12(2)18(11)14-6-4-3-5-7-14/h3-8,17H,9-10H2,1-2H3,(H2,16,19). The van der Waals surface area contributed by atoms with E-state index in [2.05, 4.69) is 42.1 Å². The maximum Gasteiger partial charge on any atom is 0.245 e.